The van der Waals surface area contributed by atoms with Crippen LogP contribution in [0.4, 0.5) is 0 Å². The first-order chi connectivity index (χ1) is 8.11. The van der Waals surface area contributed by atoms with E-state index >= 15 is 0 Å². The van der Waals surface area contributed by atoms with Crippen LogP contribution in [0.5, 0.6) is 0 Å². The predicted molar refractivity (Wildman–Crippen MR) is 64.4 cm³/mol. The van der Waals surface area contributed by atoms with Crippen molar-refractivity contribution in [2.75, 3.05) is 20.2 Å². The third-order valence-corrected chi connectivity index (χ3v) is 2.28. The van der Waals surface area contributed by atoms with E-state index in [-0.39, 0.29) is 24.8 Å². The molecule has 0 spiro atoms. The van der Waals surface area contributed by atoms with Gasteiger partial charge in [0.1, 0.15) is 5.78 Å². The lowest BCUT2D eigenvalue weighted by Crippen LogP contribution is -2.33. The molecule has 92 valence electrons. The summed E-state index contributed by atoms with van der Waals surface area (Å²) in [5.74, 6) is -0.299. The van der Waals surface area contributed by atoms with Gasteiger partial charge in [0.15, 0.2) is 0 Å². The Kier molecular flexibility index (Phi) is 5.36. The van der Waals surface area contributed by atoms with Gasteiger partial charge in [-0.1, -0.05) is 30.3 Å². The van der Waals surface area contributed by atoms with Crippen LogP contribution in [0.2, 0.25) is 0 Å². The summed E-state index contributed by atoms with van der Waals surface area (Å²) in [6.45, 7) is 2.46. The molecule has 4 nitrogen and oxygen atoms in total. The summed E-state index contributed by atoms with van der Waals surface area (Å²) < 4.78 is 4.61. The van der Waals surface area contributed by atoms with Crippen molar-refractivity contribution in [1.29, 1.82) is 0 Å². The number of hydrogen-bond donors (Lipinski definition) is 0. The number of rotatable bonds is 6. The van der Waals surface area contributed by atoms with E-state index in [2.05, 4.69) is 4.74 Å². The zero-order valence-electron chi connectivity index (χ0n) is 10.2. The predicted octanol–water partition coefficient (Wildman–Crippen LogP) is 1.25. The van der Waals surface area contributed by atoms with E-state index in [1.807, 2.05) is 30.3 Å². The van der Waals surface area contributed by atoms with E-state index < -0.39 is 0 Å². The normalized spacial score (nSPS) is 10.3. The first kappa shape index (κ1) is 13.4. The van der Waals surface area contributed by atoms with Gasteiger partial charge in [0.05, 0.1) is 20.2 Å². The van der Waals surface area contributed by atoms with Gasteiger partial charge in [0.2, 0.25) is 0 Å². The number of nitrogens with zero attached hydrogens (tertiary/aromatic N) is 1. The first-order valence-corrected chi connectivity index (χ1v) is 5.44. The molecule has 0 atom stereocenters. The van der Waals surface area contributed by atoms with Gasteiger partial charge in [0.25, 0.3) is 0 Å². The summed E-state index contributed by atoms with van der Waals surface area (Å²) in [4.78, 5) is 24.1. The highest BCUT2D eigenvalue weighted by molar-refractivity contribution is 5.78. The van der Waals surface area contributed by atoms with E-state index in [4.69, 9.17) is 0 Å². The van der Waals surface area contributed by atoms with Gasteiger partial charge in [-0.25, -0.2) is 0 Å². The molecule has 0 aromatic heterocycles. The van der Waals surface area contributed by atoms with Crippen LogP contribution in [0.1, 0.15) is 12.5 Å². The fourth-order valence-electron chi connectivity index (χ4n) is 1.57. The molecule has 0 saturated carbocycles. The zero-order valence-corrected chi connectivity index (χ0v) is 10.2. The molecule has 0 aliphatic heterocycles. The Morgan fingerprint density at radius 3 is 2.35 bits per heavy atom. The summed E-state index contributed by atoms with van der Waals surface area (Å²) in [5.41, 5.74) is 1.07. The minimum atomic E-state index is -0.331. The second-order valence-corrected chi connectivity index (χ2v) is 3.91. The van der Waals surface area contributed by atoms with Gasteiger partial charge in [-0.3, -0.25) is 14.5 Å². The van der Waals surface area contributed by atoms with Crippen molar-refractivity contribution >= 4 is 11.8 Å². The van der Waals surface area contributed by atoms with Crippen molar-refractivity contribution in [3.8, 4) is 0 Å². The molecule has 0 heterocycles. The van der Waals surface area contributed by atoms with Crippen LogP contribution in [0, 0.1) is 0 Å². The molecule has 0 N–H and O–H groups in total. The Hall–Kier alpha value is -1.68. The third kappa shape index (κ3) is 5.26. The molecule has 17 heavy (non-hydrogen) atoms. The highest BCUT2D eigenvalue weighted by Gasteiger charge is 2.13. The fraction of sp³-hybridized carbons (Fsp3) is 0.385. The average molecular weight is 235 g/mol. The number of carbonyl (C=O) groups is 2. The van der Waals surface area contributed by atoms with Gasteiger partial charge in [-0.05, 0) is 12.5 Å². The number of ether oxygens (including phenoxy) is 1. The molecule has 0 saturated heterocycles. The summed E-state index contributed by atoms with van der Waals surface area (Å²) in [6, 6.07) is 9.72. The van der Waals surface area contributed by atoms with Crippen molar-refractivity contribution in [1.82, 2.24) is 4.90 Å². The van der Waals surface area contributed by atoms with Gasteiger partial charge in [-0.15, -0.1) is 0 Å². The Balaban J connectivity index is 2.63. The molecular formula is C13H17NO3. The van der Waals surface area contributed by atoms with Crippen molar-refractivity contribution in [2.45, 2.75) is 13.5 Å². The van der Waals surface area contributed by atoms with E-state index in [1.54, 1.807) is 4.90 Å². The monoisotopic (exact) mass is 235 g/mol. The zero-order chi connectivity index (χ0) is 12.7. The minimum absolute atomic E-state index is 0.0323. The highest BCUT2D eigenvalue weighted by Crippen LogP contribution is 2.04. The Morgan fingerprint density at radius 1 is 1.18 bits per heavy atom. The Labute approximate surface area is 101 Å². The van der Waals surface area contributed by atoms with E-state index in [0.29, 0.717) is 6.54 Å². The van der Waals surface area contributed by atoms with Gasteiger partial charge in [0, 0.05) is 6.54 Å². The summed E-state index contributed by atoms with van der Waals surface area (Å²) in [5, 5.41) is 0. The second kappa shape index (κ2) is 6.81. The van der Waals surface area contributed by atoms with Crippen LogP contribution in [-0.2, 0) is 20.9 Å². The lowest BCUT2D eigenvalue weighted by Gasteiger charge is -2.19. The van der Waals surface area contributed by atoms with Crippen molar-refractivity contribution in [2.24, 2.45) is 0 Å². The van der Waals surface area contributed by atoms with Crippen molar-refractivity contribution in [3.05, 3.63) is 35.9 Å². The van der Waals surface area contributed by atoms with E-state index in [0.717, 1.165) is 5.56 Å². The standard InChI is InChI=1S/C13H17NO3/c1-11(15)8-14(10-13(16)17-2)9-12-6-4-3-5-7-12/h3-7H,8-10H2,1-2H3. The maximum absolute atomic E-state index is 11.2. The first-order valence-electron chi connectivity index (χ1n) is 5.44. The maximum Gasteiger partial charge on any atom is 0.319 e. The molecule has 0 radical (unpaired) electrons. The van der Waals surface area contributed by atoms with Crippen LogP contribution in [0.25, 0.3) is 0 Å². The van der Waals surface area contributed by atoms with Gasteiger partial charge in [-0.2, -0.15) is 0 Å². The molecule has 0 bridgehead atoms. The summed E-state index contributed by atoms with van der Waals surface area (Å²) in [7, 11) is 1.34. The minimum Gasteiger partial charge on any atom is -0.468 e. The Bertz CT molecular complexity index is 376. The van der Waals surface area contributed by atoms with E-state index in [1.165, 1.54) is 14.0 Å². The molecule has 0 aliphatic carbocycles. The van der Waals surface area contributed by atoms with Crippen LogP contribution < -0.4 is 0 Å². The molecule has 0 unspecified atom stereocenters. The van der Waals surface area contributed by atoms with Crippen molar-refractivity contribution < 1.29 is 14.3 Å². The molecule has 1 rings (SSSR count). The number of Topliss-reactive ketones (excluding diaryl/α,β-unsaturated/α-hetero) is 1. The number of benzene rings is 1. The number of esters is 1. The molecule has 1 aromatic rings. The molecule has 0 aliphatic rings. The fourth-order valence-corrected chi connectivity index (χ4v) is 1.57. The number of methoxy groups -OCH3 is 1. The van der Waals surface area contributed by atoms with Gasteiger partial charge < -0.3 is 4.74 Å². The SMILES string of the molecule is COC(=O)CN(CC(C)=O)Cc1ccccc1. The highest BCUT2D eigenvalue weighted by atomic mass is 16.5. The van der Waals surface area contributed by atoms with Crippen LogP contribution in [0.15, 0.2) is 30.3 Å². The molecule has 1 aromatic carbocycles. The third-order valence-electron chi connectivity index (χ3n) is 2.28. The number of hydrogen-bond acceptors (Lipinski definition) is 4. The van der Waals surface area contributed by atoms with Crippen LogP contribution in [0.3, 0.4) is 0 Å². The summed E-state index contributed by atoms with van der Waals surface area (Å²) in [6.07, 6.45) is 0. The number of ketones is 1. The van der Waals surface area contributed by atoms with Crippen LogP contribution >= 0.6 is 0 Å². The largest absolute Gasteiger partial charge is 0.468 e. The average Bonchev–Trinajstić information content (AvgIpc) is 2.29. The molecular weight excluding hydrogens is 218 g/mol. The quantitative estimate of drug-likeness (QED) is 0.696. The summed E-state index contributed by atoms with van der Waals surface area (Å²) >= 11 is 0. The number of carbonyl (C=O) groups excluding carboxylic acids is 2. The molecule has 0 fully saturated rings. The maximum atomic E-state index is 11.2. The molecule has 0 amide bonds. The lowest BCUT2D eigenvalue weighted by atomic mass is 10.2. The smallest absolute Gasteiger partial charge is 0.319 e. The molecule has 4 heteroatoms. The van der Waals surface area contributed by atoms with Crippen LogP contribution in [-0.4, -0.2) is 36.9 Å². The van der Waals surface area contributed by atoms with Gasteiger partial charge >= 0.3 is 5.97 Å². The van der Waals surface area contributed by atoms with E-state index in [9.17, 15) is 9.59 Å². The Morgan fingerprint density at radius 2 is 1.82 bits per heavy atom. The lowest BCUT2D eigenvalue weighted by molar-refractivity contribution is -0.142. The van der Waals surface area contributed by atoms with Crippen molar-refractivity contribution in [3.63, 3.8) is 0 Å². The topological polar surface area (TPSA) is 46.6 Å². The second-order valence-electron chi connectivity index (χ2n) is 3.91.